The van der Waals surface area contributed by atoms with Crippen LogP contribution >= 0.6 is 11.6 Å². The molecule has 0 aromatic carbocycles. The van der Waals surface area contributed by atoms with Crippen LogP contribution in [0.4, 0.5) is 0 Å². The Morgan fingerprint density at radius 1 is 1.32 bits per heavy atom. The van der Waals surface area contributed by atoms with Crippen LogP contribution < -0.4 is 0 Å². The van der Waals surface area contributed by atoms with Crippen molar-refractivity contribution in [2.45, 2.75) is 27.3 Å². The first kappa shape index (κ1) is 13.9. The standard InChI is InChI=1S/C14H18ClN3O/c1-9-5-13(14(19)6-15)11(3)18(9)8-12-7-16-17(4)10(12)2/h5,7H,6,8H2,1-4H3. The van der Waals surface area contributed by atoms with Crippen molar-refractivity contribution in [3.8, 4) is 0 Å². The van der Waals surface area contributed by atoms with E-state index in [2.05, 4.69) is 9.67 Å². The molecule has 0 aliphatic rings. The van der Waals surface area contributed by atoms with Gasteiger partial charge in [-0.3, -0.25) is 9.48 Å². The molecular weight excluding hydrogens is 262 g/mol. The summed E-state index contributed by atoms with van der Waals surface area (Å²) in [6.07, 6.45) is 1.87. The van der Waals surface area contributed by atoms with E-state index in [0.29, 0.717) is 5.56 Å². The monoisotopic (exact) mass is 279 g/mol. The van der Waals surface area contributed by atoms with Gasteiger partial charge in [-0.05, 0) is 26.8 Å². The maximum atomic E-state index is 11.8. The highest BCUT2D eigenvalue weighted by Crippen LogP contribution is 2.19. The molecule has 2 heterocycles. The first-order valence-corrected chi connectivity index (χ1v) is 6.72. The average Bonchev–Trinajstić information content (AvgIpc) is 2.85. The number of carbonyl (C=O) groups is 1. The molecule has 0 aliphatic heterocycles. The van der Waals surface area contributed by atoms with Crippen LogP contribution in [-0.2, 0) is 13.6 Å². The fourth-order valence-electron chi connectivity index (χ4n) is 2.27. The van der Waals surface area contributed by atoms with Crippen molar-refractivity contribution < 1.29 is 4.79 Å². The summed E-state index contributed by atoms with van der Waals surface area (Å²) in [6, 6.07) is 1.91. The van der Waals surface area contributed by atoms with Crippen molar-refractivity contribution in [1.82, 2.24) is 14.3 Å². The van der Waals surface area contributed by atoms with Gasteiger partial charge in [0.2, 0.25) is 0 Å². The lowest BCUT2D eigenvalue weighted by Gasteiger charge is -2.09. The Hall–Kier alpha value is -1.55. The van der Waals surface area contributed by atoms with E-state index in [4.69, 9.17) is 11.6 Å². The number of hydrogen-bond acceptors (Lipinski definition) is 2. The highest BCUT2D eigenvalue weighted by molar-refractivity contribution is 6.30. The van der Waals surface area contributed by atoms with Crippen molar-refractivity contribution in [2.24, 2.45) is 7.05 Å². The third-order valence-electron chi connectivity index (χ3n) is 3.66. The summed E-state index contributed by atoms with van der Waals surface area (Å²) in [5.41, 5.74) is 5.04. The Kier molecular flexibility index (Phi) is 3.80. The molecule has 2 rings (SSSR count). The summed E-state index contributed by atoms with van der Waals surface area (Å²) in [7, 11) is 1.93. The molecule has 0 saturated carbocycles. The SMILES string of the molecule is Cc1c(Cn2c(C)cc(C(=O)CCl)c2C)cnn1C. The number of rotatable bonds is 4. The van der Waals surface area contributed by atoms with Crippen molar-refractivity contribution in [3.63, 3.8) is 0 Å². The van der Waals surface area contributed by atoms with Crippen molar-refractivity contribution >= 4 is 17.4 Å². The summed E-state index contributed by atoms with van der Waals surface area (Å²) in [4.78, 5) is 11.8. The first-order chi connectivity index (χ1) is 8.95. The zero-order chi connectivity index (χ0) is 14.2. The summed E-state index contributed by atoms with van der Waals surface area (Å²) >= 11 is 5.64. The van der Waals surface area contributed by atoms with Crippen molar-refractivity contribution in [1.29, 1.82) is 0 Å². The Morgan fingerprint density at radius 2 is 2.00 bits per heavy atom. The normalized spacial score (nSPS) is 11.0. The molecule has 4 nitrogen and oxygen atoms in total. The second kappa shape index (κ2) is 5.21. The van der Waals surface area contributed by atoms with E-state index in [-0.39, 0.29) is 11.7 Å². The fourth-order valence-corrected chi connectivity index (χ4v) is 2.41. The molecule has 2 aromatic rings. The number of hydrogen-bond donors (Lipinski definition) is 0. The van der Waals surface area contributed by atoms with Gasteiger partial charge in [-0.2, -0.15) is 5.10 Å². The van der Waals surface area contributed by atoms with Gasteiger partial charge >= 0.3 is 0 Å². The molecule has 0 fully saturated rings. The lowest BCUT2D eigenvalue weighted by atomic mass is 10.2. The molecule has 0 radical (unpaired) electrons. The van der Waals surface area contributed by atoms with E-state index in [1.165, 1.54) is 0 Å². The van der Waals surface area contributed by atoms with Crippen LogP contribution in [0.5, 0.6) is 0 Å². The summed E-state index contributed by atoms with van der Waals surface area (Å²) in [6.45, 7) is 6.73. The first-order valence-electron chi connectivity index (χ1n) is 6.19. The largest absolute Gasteiger partial charge is 0.344 e. The minimum atomic E-state index is -0.0241. The Labute approximate surface area is 118 Å². The van der Waals surface area contributed by atoms with E-state index in [0.717, 1.165) is 29.2 Å². The summed E-state index contributed by atoms with van der Waals surface area (Å²) < 4.78 is 3.98. The highest BCUT2D eigenvalue weighted by Gasteiger charge is 2.16. The Morgan fingerprint density at radius 3 is 2.53 bits per heavy atom. The molecule has 5 heteroatoms. The minimum Gasteiger partial charge on any atom is -0.344 e. The van der Waals surface area contributed by atoms with Crippen LogP contribution in [0.15, 0.2) is 12.3 Å². The lowest BCUT2D eigenvalue weighted by molar-refractivity contribution is 0.102. The van der Waals surface area contributed by atoms with Crippen LogP contribution in [0.1, 0.15) is 33.0 Å². The van der Waals surface area contributed by atoms with Crippen LogP contribution in [0.2, 0.25) is 0 Å². The molecule has 0 unspecified atom stereocenters. The van der Waals surface area contributed by atoms with Gasteiger partial charge in [-0.15, -0.1) is 11.6 Å². The number of aryl methyl sites for hydroxylation is 2. The van der Waals surface area contributed by atoms with E-state index in [1.54, 1.807) is 0 Å². The molecule has 2 aromatic heterocycles. The van der Waals surface area contributed by atoms with Gasteiger partial charge in [0.25, 0.3) is 0 Å². The minimum absolute atomic E-state index is 0.0240. The average molecular weight is 280 g/mol. The molecule has 0 amide bonds. The molecular formula is C14H18ClN3O. The third-order valence-corrected chi connectivity index (χ3v) is 3.90. The number of Topliss-reactive ketones (excluding diaryl/α,β-unsaturated/α-hetero) is 1. The van der Waals surface area contributed by atoms with Gasteiger partial charge in [0.05, 0.1) is 18.6 Å². The predicted molar refractivity (Wildman–Crippen MR) is 76.0 cm³/mol. The molecule has 0 saturated heterocycles. The quantitative estimate of drug-likeness (QED) is 0.637. The second-order valence-corrected chi connectivity index (χ2v) is 5.07. The maximum absolute atomic E-state index is 11.8. The number of halogens is 1. The van der Waals surface area contributed by atoms with Crippen molar-refractivity contribution in [3.05, 3.63) is 40.5 Å². The predicted octanol–water partition coefficient (Wildman–Crippen LogP) is 2.62. The van der Waals surface area contributed by atoms with E-state index < -0.39 is 0 Å². The molecule has 0 atom stereocenters. The van der Waals surface area contributed by atoms with Crippen LogP contribution in [0.25, 0.3) is 0 Å². The highest BCUT2D eigenvalue weighted by atomic mass is 35.5. The van der Waals surface area contributed by atoms with Crippen LogP contribution in [-0.4, -0.2) is 26.0 Å². The summed E-state index contributed by atoms with van der Waals surface area (Å²) in [5.74, 6) is -0.000122. The molecule has 0 N–H and O–H groups in total. The molecule has 0 aliphatic carbocycles. The van der Waals surface area contributed by atoms with Crippen LogP contribution in [0, 0.1) is 20.8 Å². The van der Waals surface area contributed by atoms with E-state index in [1.807, 2.05) is 44.8 Å². The third kappa shape index (κ3) is 2.45. The van der Waals surface area contributed by atoms with Crippen LogP contribution in [0.3, 0.4) is 0 Å². The second-order valence-electron chi connectivity index (χ2n) is 4.81. The molecule has 19 heavy (non-hydrogen) atoms. The lowest BCUT2D eigenvalue weighted by Crippen LogP contribution is -2.07. The Bertz CT molecular complexity index is 625. The molecule has 0 bridgehead atoms. The molecule has 0 spiro atoms. The molecule has 102 valence electrons. The maximum Gasteiger partial charge on any atom is 0.179 e. The van der Waals surface area contributed by atoms with E-state index >= 15 is 0 Å². The Balaban J connectivity index is 2.38. The smallest absolute Gasteiger partial charge is 0.179 e. The van der Waals surface area contributed by atoms with Gasteiger partial charge in [0.15, 0.2) is 5.78 Å². The van der Waals surface area contributed by atoms with Gasteiger partial charge in [-0.25, -0.2) is 0 Å². The topological polar surface area (TPSA) is 39.8 Å². The van der Waals surface area contributed by atoms with Gasteiger partial charge in [0.1, 0.15) is 0 Å². The van der Waals surface area contributed by atoms with Gasteiger partial charge in [0, 0.05) is 35.3 Å². The van der Waals surface area contributed by atoms with Gasteiger partial charge < -0.3 is 4.57 Å². The van der Waals surface area contributed by atoms with Crippen molar-refractivity contribution in [2.75, 3.05) is 5.88 Å². The number of aromatic nitrogens is 3. The summed E-state index contributed by atoms with van der Waals surface area (Å²) in [5, 5.41) is 4.25. The number of ketones is 1. The zero-order valence-electron chi connectivity index (χ0n) is 11.7. The number of carbonyl (C=O) groups excluding carboxylic acids is 1. The number of nitrogens with zero attached hydrogens (tertiary/aromatic N) is 3. The van der Waals surface area contributed by atoms with Gasteiger partial charge in [-0.1, -0.05) is 0 Å². The van der Waals surface area contributed by atoms with E-state index in [9.17, 15) is 4.79 Å². The zero-order valence-corrected chi connectivity index (χ0v) is 12.5. The number of alkyl halides is 1. The fraction of sp³-hybridized carbons (Fsp3) is 0.429.